The lowest BCUT2D eigenvalue weighted by atomic mass is 10.2. The van der Waals surface area contributed by atoms with E-state index in [1.807, 2.05) is 23.6 Å². The van der Waals surface area contributed by atoms with Gasteiger partial charge in [0, 0.05) is 13.1 Å². The third-order valence-corrected chi connectivity index (χ3v) is 4.89. The standard InChI is InChI=1S/C17H38N6O6/c1-3-5-7-22-15(19(9-24)10-25)18-16(20(11-26)12-27)23(8-6-4-2)17(22)21(13-28)14-29/h15,17,24-29H,3-14H2,1-2H3. The van der Waals surface area contributed by atoms with Crippen molar-refractivity contribution in [3.05, 3.63) is 0 Å². The first-order chi connectivity index (χ1) is 14.1. The Morgan fingerprint density at radius 2 is 1.28 bits per heavy atom. The molecule has 1 rings (SSSR count). The van der Waals surface area contributed by atoms with Gasteiger partial charge in [-0.15, -0.1) is 0 Å². The number of unbranched alkanes of at least 4 members (excludes halogenated alkanes) is 2. The van der Waals surface area contributed by atoms with Gasteiger partial charge in [-0.25, -0.2) is 19.7 Å². The molecule has 1 heterocycles. The van der Waals surface area contributed by atoms with Gasteiger partial charge in [0.15, 0.2) is 6.29 Å². The smallest absolute Gasteiger partial charge is 0.205 e. The van der Waals surface area contributed by atoms with Gasteiger partial charge in [-0.2, -0.15) is 0 Å². The molecule has 2 unspecified atom stereocenters. The molecule has 0 aromatic heterocycles. The number of rotatable bonds is 14. The van der Waals surface area contributed by atoms with Crippen molar-refractivity contribution >= 4 is 5.96 Å². The molecule has 172 valence electrons. The van der Waals surface area contributed by atoms with Gasteiger partial charge in [0.1, 0.15) is 46.7 Å². The van der Waals surface area contributed by atoms with Crippen molar-refractivity contribution in [3.63, 3.8) is 0 Å². The lowest BCUT2D eigenvalue weighted by Gasteiger charge is -2.53. The molecule has 0 amide bonds. The molecule has 0 spiro atoms. The Hall–Kier alpha value is -1.09. The fraction of sp³-hybridized carbons (Fsp3) is 0.941. The fourth-order valence-corrected chi connectivity index (χ4v) is 3.28. The van der Waals surface area contributed by atoms with E-state index in [9.17, 15) is 30.6 Å². The predicted molar refractivity (Wildman–Crippen MR) is 106 cm³/mol. The van der Waals surface area contributed by atoms with Crippen molar-refractivity contribution in [3.8, 4) is 0 Å². The zero-order valence-corrected chi connectivity index (χ0v) is 17.5. The van der Waals surface area contributed by atoms with Gasteiger partial charge in [0.25, 0.3) is 0 Å². The number of guanidine groups is 1. The summed E-state index contributed by atoms with van der Waals surface area (Å²) >= 11 is 0. The summed E-state index contributed by atoms with van der Waals surface area (Å²) < 4.78 is 0. The van der Waals surface area contributed by atoms with Gasteiger partial charge in [-0.1, -0.05) is 26.7 Å². The highest BCUT2D eigenvalue weighted by Gasteiger charge is 2.43. The molecule has 12 nitrogen and oxygen atoms in total. The van der Waals surface area contributed by atoms with Crippen LogP contribution >= 0.6 is 0 Å². The maximum atomic E-state index is 9.89. The van der Waals surface area contributed by atoms with Crippen LogP contribution in [0.15, 0.2) is 4.99 Å². The number of nitrogens with zero attached hydrogens (tertiary/aromatic N) is 6. The Kier molecular flexibility index (Phi) is 12.5. The van der Waals surface area contributed by atoms with Crippen molar-refractivity contribution in [1.29, 1.82) is 0 Å². The number of hydrogen-bond acceptors (Lipinski definition) is 12. The maximum Gasteiger partial charge on any atom is 0.205 e. The largest absolute Gasteiger partial charge is 0.381 e. The maximum absolute atomic E-state index is 9.89. The summed E-state index contributed by atoms with van der Waals surface area (Å²) in [6.45, 7) is 2.26. The van der Waals surface area contributed by atoms with Crippen molar-refractivity contribution < 1.29 is 30.6 Å². The second-order valence-corrected chi connectivity index (χ2v) is 6.83. The van der Waals surface area contributed by atoms with E-state index in [0.29, 0.717) is 13.1 Å². The van der Waals surface area contributed by atoms with Gasteiger partial charge < -0.3 is 35.5 Å². The molecule has 29 heavy (non-hydrogen) atoms. The van der Waals surface area contributed by atoms with Crippen LogP contribution in [0.25, 0.3) is 0 Å². The SMILES string of the molecule is CCCCN1C(N(CO)CO)=NC(N(CO)CO)N(CCCC)C1N(CO)CO. The summed E-state index contributed by atoms with van der Waals surface area (Å²) in [5.74, 6) is 0.255. The zero-order valence-electron chi connectivity index (χ0n) is 17.5. The molecule has 2 atom stereocenters. The average molecular weight is 423 g/mol. The molecule has 6 N–H and O–H groups in total. The van der Waals surface area contributed by atoms with E-state index < -0.39 is 53.0 Å². The van der Waals surface area contributed by atoms with E-state index >= 15 is 0 Å². The van der Waals surface area contributed by atoms with E-state index in [-0.39, 0.29) is 5.96 Å². The normalized spacial score (nSPS) is 20.6. The minimum absolute atomic E-state index is 0.255. The summed E-state index contributed by atoms with van der Waals surface area (Å²) in [6.07, 6.45) is 1.85. The number of aliphatic hydroxyl groups is 6. The molecule has 0 saturated carbocycles. The molecule has 0 aliphatic carbocycles. The molecule has 0 bridgehead atoms. The van der Waals surface area contributed by atoms with Crippen LogP contribution in [0.2, 0.25) is 0 Å². The van der Waals surface area contributed by atoms with E-state index in [4.69, 9.17) is 0 Å². The predicted octanol–water partition coefficient (Wildman–Crippen LogP) is -2.27. The Morgan fingerprint density at radius 3 is 1.72 bits per heavy atom. The quantitative estimate of drug-likeness (QED) is 0.168. The van der Waals surface area contributed by atoms with Crippen LogP contribution < -0.4 is 0 Å². The van der Waals surface area contributed by atoms with Gasteiger partial charge in [0.05, 0.1) is 0 Å². The van der Waals surface area contributed by atoms with E-state index in [0.717, 1.165) is 25.7 Å². The molecule has 0 radical (unpaired) electrons. The molecular weight excluding hydrogens is 384 g/mol. The number of aliphatic hydroxyl groups excluding tert-OH is 6. The molecule has 0 fully saturated rings. The van der Waals surface area contributed by atoms with Crippen molar-refractivity contribution in [2.24, 2.45) is 4.99 Å². The highest BCUT2D eigenvalue weighted by Crippen LogP contribution is 2.26. The topological polar surface area (TPSA) is 150 Å². The third-order valence-electron chi connectivity index (χ3n) is 4.89. The summed E-state index contributed by atoms with van der Waals surface area (Å²) in [4.78, 5) is 12.3. The summed E-state index contributed by atoms with van der Waals surface area (Å²) in [5, 5.41) is 58.7. The summed E-state index contributed by atoms with van der Waals surface area (Å²) in [6, 6.07) is 0. The first-order valence-corrected chi connectivity index (χ1v) is 10.1. The Bertz CT molecular complexity index is 462. The summed E-state index contributed by atoms with van der Waals surface area (Å²) in [5.41, 5.74) is 0. The van der Waals surface area contributed by atoms with Crippen LogP contribution in [0, 0.1) is 0 Å². The number of aliphatic imine (C=N–C) groups is 1. The molecule has 0 aromatic carbocycles. The lowest BCUT2D eigenvalue weighted by molar-refractivity contribution is -0.174. The Morgan fingerprint density at radius 1 is 0.759 bits per heavy atom. The van der Waals surface area contributed by atoms with Crippen LogP contribution in [0.4, 0.5) is 0 Å². The van der Waals surface area contributed by atoms with Gasteiger partial charge in [-0.3, -0.25) is 4.90 Å². The highest BCUT2D eigenvalue weighted by atomic mass is 16.3. The summed E-state index contributed by atoms with van der Waals surface area (Å²) in [7, 11) is 0. The minimum Gasteiger partial charge on any atom is -0.381 e. The van der Waals surface area contributed by atoms with Crippen LogP contribution in [-0.4, -0.2) is 127 Å². The van der Waals surface area contributed by atoms with Gasteiger partial charge in [-0.05, 0) is 12.8 Å². The van der Waals surface area contributed by atoms with Crippen LogP contribution in [-0.2, 0) is 0 Å². The van der Waals surface area contributed by atoms with Crippen LogP contribution in [0.3, 0.4) is 0 Å². The third kappa shape index (κ3) is 6.44. The van der Waals surface area contributed by atoms with E-state index in [1.165, 1.54) is 14.7 Å². The Labute approximate surface area is 172 Å². The first kappa shape index (κ1) is 25.9. The zero-order chi connectivity index (χ0) is 21.8. The monoisotopic (exact) mass is 422 g/mol. The van der Waals surface area contributed by atoms with E-state index in [2.05, 4.69) is 4.99 Å². The second kappa shape index (κ2) is 14.0. The molecule has 0 aromatic rings. The van der Waals surface area contributed by atoms with Crippen LogP contribution in [0.1, 0.15) is 39.5 Å². The van der Waals surface area contributed by atoms with E-state index in [1.54, 1.807) is 0 Å². The molecular formula is C17H38N6O6. The van der Waals surface area contributed by atoms with Crippen LogP contribution in [0.5, 0.6) is 0 Å². The number of hydrogen-bond donors (Lipinski definition) is 6. The second-order valence-electron chi connectivity index (χ2n) is 6.83. The molecule has 1 aliphatic heterocycles. The average Bonchev–Trinajstić information content (AvgIpc) is 2.75. The lowest BCUT2D eigenvalue weighted by Crippen LogP contribution is -2.70. The molecule has 1 aliphatic rings. The van der Waals surface area contributed by atoms with Crippen molar-refractivity contribution in [2.75, 3.05) is 53.5 Å². The first-order valence-electron chi connectivity index (χ1n) is 10.1. The highest BCUT2D eigenvalue weighted by molar-refractivity contribution is 5.81. The fourth-order valence-electron chi connectivity index (χ4n) is 3.28. The van der Waals surface area contributed by atoms with Crippen molar-refractivity contribution in [1.82, 2.24) is 24.5 Å². The molecule has 12 heteroatoms. The molecule has 0 saturated heterocycles. The van der Waals surface area contributed by atoms with Crippen molar-refractivity contribution in [2.45, 2.75) is 52.1 Å². The van der Waals surface area contributed by atoms with Gasteiger partial charge >= 0.3 is 0 Å². The van der Waals surface area contributed by atoms with Gasteiger partial charge in [0.2, 0.25) is 5.96 Å². The minimum atomic E-state index is -0.823. The Balaban J connectivity index is 3.56.